The van der Waals surface area contributed by atoms with Gasteiger partial charge in [-0.25, -0.2) is 8.78 Å². The van der Waals surface area contributed by atoms with Crippen LogP contribution in [0.2, 0.25) is 5.02 Å². The number of hydrogen-bond acceptors (Lipinski definition) is 3. The molecule has 5 nitrogen and oxygen atoms in total. The molecule has 0 saturated heterocycles. The highest BCUT2D eigenvalue weighted by molar-refractivity contribution is 6.30. The maximum absolute atomic E-state index is 13.6. The first-order chi connectivity index (χ1) is 13.9. The molecule has 3 rings (SSSR count). The standard InChI is InChI=1S/C21H16ClF2N3O2/c22-13-8-10-14(11-9-13)26-21(29)15-4-1-2-7-18(15)25-12-19(28)27-20-16(23)5-3-6-17(20)24/h1-11,25H,12H2,(H,26,29)(H,27,28). The van der Waals surface area contributed by atoms with Crippen molar-refractivity contribution in [1.82, 2.24) is 0 Å². The van der Waals surface area contributed by atoms with Gasteiger partial charge in [0, 0.05) is 16.4 Å². The van der Waals surface area contributed by atoms with E-state index in [9.17, 15) is 18.4 Å². The van der Waals surface area contributed by atoms with Gasteiger partial charge in [-0.2, -0.15) is 0 Å². The lowest BCUT2D eigenvalue weighted by Gasteiger charge is -2.13. The van der Waals surface area contributed by atoms with E-state index in [0.717, 1.165) is 12.1 Å². The van der Waals surface area contributed by atoms with Gasteiger partial charge in [-0.1, -0.05) is 29.8 Å². The lowest BCUT2D eigenvalue weighted by Crippen LogP contribution is -2.24. The van der Waals surface area contributed by atoms with Gasteiger partial charge in [0.15, 0.2) is 0 Å². The van der Waals surface area contributed by atoms with Crippen molar-refractivity contribution >= 4 is 40.5 Å². The molecule has 0 aromatic heterocycles. The van der Waals surface area contributed by atoms with E-state index in [2.05, 4.69) is 16.0 Å². The van der Waals surface area contributed by atoms with Gasteiger partial charge < -0.3 is 16.0 Å². The van der Waals surface area contributed by atoms with Crippen molar-refractivity contribution in [3.05, 3.63) is 89.0 Å². The Morgan fingerprint density at radius 2 is 1.48 bits per heavy atom. The molecule has 2 amide bonds. The number of para-hydroxylation sites is 2. The summed E-state index contributed by atoms with van der Waals surface area (Å²) >= 11 is 5.83. The average Bonchev–Trinajstić information content (AvgIpc) is 2.71. The second-order valence-electron chi connectivity index (χ2n) is 6.00. The maximum atomic E-state index is 13.6. The van der Waals surface area contributed by atoms with E-state index >= 15 is 0 Å². The van der Waals surface area contributed by atoms with Crippen molar-refractivity contribution in [2.75, 3.05) is 22.5 Å². The van der Waals surface area contributed by atoms with Crippen molar-refractivity contribution in [3.8, 4) is 0 Å². The summed E-state index contributed by atoms with van der Waals surface area (Å²) in [5.74, 6) is -2.81. The number of hydrogen-bond donors (Lipinski definition) is 3. The molecule has 0 heterocycles. The van der Waals surface area contributed by atoms with Crippen LogP contribution in [0.25, 0.3) is 0 Å². The van der Waals surface area contributed by atoms with Gasteiger partial charge in [0.25, 0.3) is 5.91 Å². The van der Waals surface area contributed by atoms with E-state index in [-0.39, 0.29) is 6.54 Å². The van der Waals surface area contributed by atoms with Gasteiger partial charge in [0.05, 0.1) is 12.1 Å². The third-order valence-corrected chi connectivity index (χ3v) is 4.19. The third-order valence-electron chi connectivity index (χ3n) is 3.94. The predicted molar refractivity (Wildman–Crippen MR) is 109 cm³/mol. The molecule has 0 aliphatic rings. The zero-order valence-electron chi connectivity index (χ0n) is 15.0. The van der Waals surface area contributed by atoms with E-state index < -0.39 is 29.1 Å². The maximum Gasteiger partial charge on any atom is 0.257 e. The average molecular weight is 416 g/mol. The Hall–Kier alpha value is -3.45. The first-order valence-corrected chi connectivity index (χ1v) is 8.95. The van der Waals surface area contributed by atoms with Crippen molar-refractivity contribution in [1.29, 1.82) is 0 Å². The van der Waals surface area contributed by atoms with E-state index in [1.807, 2.05) is 0 Å². The molecule has 0 spiro atoms. The number of anilines is 3. The lowest BCUT2D eigenvalue weighted by atomic mass is 10.1. The SMILES string of the molecule is O=C(CNc1ccccc1C(=O)Nc1ccc(Cl)cc1)Nc1c(F)cccc1F. The Balaban J connectivity index is 1.66. The number of carbonyl (C=O) groups excluding carboxylic acids is 2. The number of benzene rings is 3. The van der Waals surface area contributed by atoms with Crippen LogP contribution in [-0.2, 0) is 4.79 Å². The van der Waals surface area contributed by atoms with Crippen LogP contribution < -0.4 is 16.0 Å². The Morgan fingerprint density at radius 3 is 2.17 bits per heavy atom. The third kappa shape index (κ3) is 5.30. The Morgan fingerprint density at radius 1 is 0.828 bits per heavy atom. The van der Waals surface area contributed by atoms with Gasteiger partial charge in [-0.05, 0) is 48.5 Å². The zero-order valence-corrected chi connectivity index (χ0v) is 15.8. The summed E-state index contributed by atoms with van der Waals surface area (Å²) in [7, 11) is 0. The minimum Gasteiger partial charge on any atom is -0.376 e. The highest BCUT2D eigenvalue weighted by atomic mass is 35.5. The van der Waals surface area contributed by atoms with Crippen molar-refractivity contribution < 1.29 is 18.4 Å². The molecule has 0 radical (unpaired) electrons. The number of rotatable bonds is 6. The molecule has 3 N–H and O–H groups in total. The molecule has 3 aromatic carbocycles. The summed E-state index contributed by atoms with van der Waals surface area (Å²) in [4.78, 5) is 24.6. The largest absolute Gasteiger partial charge is 0.376 e. The van der Waals surface area contributed by atoms with E-state index in [1.54, 1.807) is 48.5 Å². The summed E-state index contributed by atoms with van der Waals surface area (Å²) in [5.41, 5.74) is 0.727. The Bertz CT molecular complexity index is 1020. The summed E-state index contributed by atoms with van der Waals surface area (Å²) in [6.45, 7) is -0.293. The monoisotopic (exact) mass is 415 g/mol. The van der Waals surface area contributed by atoms with Gasteiger partial charge in [0.1, 0.15) is 17.3 Å². The van der Waals surface area contributed by atoms with Gasteiger partial charge in [0.2, 0.25) is 5.91 Å². The number of amides is 2. The smallest absolute Gasteiger partial charge is 0.257 e. The molecule has 0 aliphatic carbocycles. The number of carbonyl (C=O) groups is 2. The van der Waals surface area contributed by atoms with Crippen LogP contribution in [0.5, 0.6) is 0 Å². The van der Waals surface area contributed by atoms with E-state index in [4.69, 9.17) is 11.6 Å². The Kier molecular flexibility index (Phi) is 6.41. The number of halogens is 3. The highest BCUT2D eigenvalue weighted by Crippen LogP contribution is 2.20. The molecule has 148 valence electrons. The van der Waals surface area contributed by atoms with Crippen molar-refractivity contribution in [2.24, 2.45) is 0 Å². The molecule has 0 fully saturated rings. The summed E-state index contributed by atoms with van der Waals surface area (Å²) in [5, 5.41) is 8.26. The van der Waals surface area contributed by atoms with Gasteiger partial charge >= 0.3 is 0 Å². The fourth-order valence-corrected chi connectivity index (χ4v) is 2.67. The molecule has 0 bridgehead atoms. The first-order valence-electron chi connectivity index (χ1n) is 8.58. The van der Waals surface area contributed by atoms with Crippen LogP contribution in [0.4, 0.5) is 25.8 Å². The molecule has 0 saturated carbocycles. The second kappa shape index (κ2) is 9.16. The van der Waals surface area contributed by atoms with Crippen LogP contribution >= 0.6 is 11.6 Å². The lowest BCUT2D eigenvalue weighted by molar-refractivity contribution is -0.114. The van der Waals surface area contributed by atoms with Crippen LogP contribution in [0, 0.1) is 11.6 Å². The zero-order chi connectivity index (χ0) is 20.8. The number of nitrogens with one attached hydrogen (secondary N) is 3. The quantitative estimate of drug-likeness (QED) is 0.535. The molecule has 0 aliphatic heterocycles. The Labute approximate surface area is 170 Å². The topological polar surface area (TPSA) is 70.2 Å². The van der Waals surface area contributed by atoms with Crippen molar-refractivity contribution in [2.45, 2.75) is 0 Å². The van der Waals surface area contributed by atoms with Crippen LogP contribution in [-0.4, -0.2) is 18.4 Å². The van der Waals surface area contributed by atoms with E-state index in [0.29, 0.717) is 22.0 Å². The minimum absolute atomic E-state index is 0.293. The first kappa shape index (κ1) is 20.3. The predicted octanol–water partition coefficient (Wildman–Crippen LogP) is 4.92. The van der Waals surface area contributed by atoms with E-state index in [1.165, 1.54) is 6.07 Å². The summed E-state index contributed by atoms with van der Waals surface area (Å²) < 4.78 is 27.3. The normalized spacial score (nSPS) is 10.3. The molecule has 3 aromatic rings. The molecular weight excluding hydrogens is 400 g/mol. The molecule has 8 heteroatoms. The minimum atomic E-state index is -0.874. The van der Waals surface area contributed by atoms with Gasteiger partial charge in [-0.15, -0.1) is 0 Å². The van der Waals surface area contributed by atoms with Crippen LogP contribution in [0.3, 0.4) is 0 Å². The molecule has 0 atom stereocenters. The summed E-state index contributed by atoms with van der Waals surface area (Å²) in [6, 6.07) is 16.5. The fourth-order valence-electron chi connectivity index (χ4n) is 2.54. The van der Waals surface area contributed by atoms with Gasteiger partial charge in [-0.3, -0.25) is 9.59 Å². The fraction of sp³-hybridized carbons (Fsp3) is 0.0476. The van der Waals surface area contributed by atoms with Crippen LogP contribution in [0.1, 0.15) is 10.4 Å². The molecule has 29 heavy (non-hydrogen) atoms. The summed E-state index contributed by atoms with van der Waals surface area (Å²) in [6.07, 6.45) is 0. The highest BCUT2D eigenvalue weighted by Gasteiger charge is 2.14. The second-order valence-corrected chi connectivity index (χ2v) is 6.44. The molecule has 0 unspecified atom stereocenters. The van der Waals surface area contributed by atoms with Crippen molar-refractivity contribution in [3.63, 3.8) is 0 Å². The van der Waals surface area contributed by atoms with Crippen LogP contribution in [0.15, 0.2) is 66.7 Å². The molecular formula is C21H16ClF2N3O2.